The van der Waals surface area contributed by atoms with Crippen LogP contribution in [0.2, 0.25) is 5.02 Å². The van der Waals surface area contributed by atoms with Crippen molar-refractivity contribution < 1.29 is 22.5 Å². The van der Waals surface area contributed by atoms with E-state index in [-0.39, 0.29) is 28.0 Å². The van der Waals surface area contributed by atoms with E-state index in [1.165, 1.54) is 19.2 Å². The van der Waals surface area contributed by atoms with Crippen molar-refractivity contribution in [3.63, 3.8) is 0 Å². The van der Waals surface area contributed by atoms with Crippen LogP contribution in [0.25, 0.3) is 0 Å². The molecule has 2 rings (SSSR count). The minimum absolute atomic E-state index is 0.0683. The van der Waals surface area contributed by atoms with Crippen LogP contribution in [0.1, 0.15) is 35.4 Å². The van der Waals surface area contributed by atoms with Crippen LogP contribution in [-0.4, -0.2) is 31.6 Å². The van der Waals surface area contributed by atoms with E-state index in [1.807, 2.05) is 6.92 Å². The van der Waals surface area contributed by atoms with Crippen LogP contribution >= 0.6 is 11.6 Å². The number of hydrogen-bond donors (Lipinski definition) is 1. The van der Waals surface area contributed by atoms with Crippen molar-refractivity contribution in [1.29, 1.82) is 0 Å². The van der Waals surface area contributed by atoms with Gasteiger partial charge in [0, 0.05) is 6.42 Å². The Morgan fingerprint density at radius 1 is 1.42 bits per heavy atom. The van der Waals surface area contributed by atoms with Gasteiger partial charge in [-0.25, -0.2) is 17.9 Å². The molecule has 0 aliphatic heterocycles. The molecule has 0 unspecified atom stereocenters. The second-order valence-corrected chi connectivity index (χ2v) is 7.07. The first-order chi connectivity index (χ1) is 11.4. The fraction of sp³-hybridized carbons (Fsp3) is 0.357. The predicted molar refractivity (Wildman–Crippen MR) is 85.1 cm³/mol. The third kappa shape index (κ3) is 4.31. The smallest absolute Gasteiger partial charge is 0.340 e. The number of sulfonamides is 1. The first-order valence-corrected chi connectivity index (χ1v) is 8.95. The number of carbonyl (C=O) groups is 1. The van der Waals surface area contributed by atoms with Crippen molar-refractivity contribution in [1.82, 2.24) is 14.9 Å². The highest BCUT2D eigenvalue weighted by Gasteiger charge is 2.19. The number of aryl methyl sites for hydroxylation is 1. The van der Waals surface area contributed by atoms with Gasteiger partial charge < -0.3 is 9.26 Å². The van der Waals surface area contributed by atoms with Crippen LogP contribution < -0.4 is 4.72 Å². The second kappa shape index (κ2) is 7.73. The summed E-state index contributed by atoms with van der Waals surface area (Å²) < 4.78 is 35.7. The average Bonchev–Trinajstić information content (AvgIpc) is 3.01. The second-order valence-electron chi connectivity index (χ2n) is 4.78. The van der Waals surface area contributed by atoms with Gasteiger partial charge in [0.15, 0.2) is 12.4 Å². The van der Waals surface area contributed by atoms with E-state index in [4.69, 9.17) is 20.9 Å². The number of esters is 1. The quantitative estimate of drug-likeness (QED) is 0.738. The number of nitrogens with zero attached hydrogens (tertiary/aromatic N) is 2. The van der Waals surface area contributed by atoms with Crippen molar-refractivity contribution in [2.24, 2.45) is 0 Å². The highest BCUT2D eigenvalue weighted by atomic mass is 35.5. The van der Waals surface area contributed by atoms with E-state index in [0.29, 0.717) is 12.2 Å². The van der Waals surface area contributed by atoms with Crippen LogP contribution in [0.3, 0.4) is 0 Å². The van der Waals surface area contributed by atoms with E-state index in [1.54, 1.807) is 0 Å². The molecule has 0 aliphatic carbocycles. The molecule has 0 saturated carbocycles. The molecule has 130 valence electrons. The monoisotopic (exact) mass is 373 g/mol. The molecule has 1 heterocycles. The Labute approximate surface area is 144 Å². The Hall–Kier alpha value is -1.97. The minimum Gasteiger partial charge on any atom is -0.452 e. The maximum atomic E-state index is 12.1. The highest BCUT2D eigenvalue weighted by molar-refractivity contribution is 7.89. The lowest BCUT2D eigenvalue weighted by atomic mass is 10.2. The summed E-state index contributed by atoms with van der Waals surface area (Å²) in [7, 11) is -2.43. The summed E-state index contributed by atoms with van der Waals surface area (Å²) in [5.74, 6) is -0.103. The molecule has 10 heteroatoms. The zero-order chi connectivity index (χ0) is 17.7. The Morgan fingerprint density at radius 2 is 2.17 bits per heavy atom. The number of nitrogens with one attached hydrogen (secondary N) is 1. The highest BCUT2D eigenvalue weighted by Crippen LogP contribution is 2.21. The lowest BCUT2D eigenvalue weighted by molar-refractivity contribution is 0.0429. The molecular weight excluding hydrogens is 358 g/mol. The molecule has 0 radical (unpaired) electrons. The molecule has 0 atom stereocenters. The number of rotatable bonds is 7. The van der Waals surface area contributed by atoms with Crippen LogP contribution in [-0.2, 0) is 27.8 Å². The first kappa shape index (κ1) is 18.4. The van der Waals surface area contributed by atoms with Crippen molar-refractivity contribution in [3.05, 3.63) is 40.5 Å². The molecule has 0 amide bonds. The maximum Gasteiger partial charge on any atom is 0.340 e. The molecule has 0 aliphatic rings. The molecule has 2 aromatic rings. The summed E-state index contributed by atoms with van der Waals surface area (Å²) in [6.45, 7) is 1.75. The van der Waals surface area contributed by atoms with E-state index in [9.17, 15) is 13.2 Å². The van der Waals surface area contributed by atoms with Gasteiger partial charge >= 0.3 is 5.97 Å². The summed E-state index contributed by atoms with van der Waals surface area (Å²) in [6.07, 6.45) is 1.52. The Morgan fingerprint density at radius 3 is 2.83 bits per heavy atom. The van der Waals surface area contributed by atoms with E-state index in [0.717, 1.165) is 12.5 Å². The van der Waals surface area contributed by atoms with Gasteiger partial charge in [0.25, 0.3) is 5.89 Å². The number of hydrogen-bond acceptors (Lipinski definition) is 7. The molecular formula is C14H16ClN3O5S. The number of ether oxygens (including phenoxy) is 1. The van der Waals surface area contributed by atoms with Crippen molar-refractivity contribution in [3.8, 4) is 0 Å². The number of aromatic nitrogens is 2. The maximum absolute atomic E-state index is 12.1. The van der Waals surface area contributed by atoms with Gasteiger partial charge in [0.2, 0.25) is 10.0 Å². The summed E-state index contributed by atoms with van der Waals surface area (Å²) in [6, 6.07) is 3.75. The number of halogens is 1. The Balaban J connectivity index is 2.12. The molecule has 8 nitrogen and oxygen atoms in total. The van der Waals surface area contributed by atoms with Gasteiger partial charge in [0.1, 0.15) is 0 Å². The van der Waals surface area contributed by atoms with Gasteiger partial charge in [0.05, 0.1) is 15.5 Å². The van der Waals surface area contributed by atoms with Crippen molar-refractivity contribution >= 4 is 27.6 Å². The third-order valence-corrected chi connectivity index (χ3v) is 4.79. The summed E-state index contributed by atoms with van der Waals surface area (Å²) in [4.78, 5) is 16.1. The Kier molecular flexibility index (Phi) is 5.92. The largest absolute Gasteiger partial charge is 0.452 e. The molecule has 0 fully saturated rings. The topological polar surface area (TPSA) is 111 Å². The summed E-state index contributed by atoms with van der Waals surface area (Å²) >= 11 is 5.94. The van der Waals surface area contributed by atoms with Crippen LogP contribution in [0.15, 0.2) is 27.6 Å². The zero-order valence-electron chi connectivity index (χ0n) is 13.1. The van der Waals surface area contributed by atoms with Crippen LogP contribution in [0, 0.1) is 0 Å². The lowest BCUT2D eigenvalue weighted by Crippen LogP contribution is -2.19. The lowest BCUT2D eigenvalue weighted by Gasteiger charge is -2.07. The molecule has 1 aromatic carbocycles. The molecule has 1 N–H and O–H groups in total. The molecule has 0 saturated heterocycles. The molecule has 1 aromatic heterocycles. The molecule has 0 spiro atoms. The first-order valence-electron chi connectivity index (χ1n) is 7.09. The van der Waals surface area contributed by atoms with E-state index < -0.39 is 16.0 Å². The fourth-order valence-electron chi connectivity index (χ4n) is 1.82. The zero-order valence-corrected chi connectivity index (χ0v) is 14.6. The van der Waals surface area contributed by atoms with Gasteiger partial charge in [-0.1, -0.05) is 23.7 Å². The molecule has 0 bridgehead atoms. The summed E-state index contributed by atoms with van der Waals surface area (Å²) in [5, 5.41) is 3.82. The number of carbonyl (C=O) groups excluding carboxylic acids is 1. The predicted octanol–water partition coefficient (Wildman–Crippen LogP) is 1.94. The third-order valence-electron chi connectivity index (χ3n) is 3.05. The van der Waals surface area contributed by atoms with E-state index >= 15 is 0 Å². The Bertz CT molecular complexity index is 835. The van der Waals surface area contributed by atoms with Crippen molar-refractivity contribution in [2.45, 2.75) is 31.3 Å². The van der Waals surface area contributed by atoms with Crippen molar-refractivity contribution in [2.75, 3.05) is 7.05 Å². The van der Waals surface area contributed by atoms with Gasteiger partial charge in [-0.05, 0) is 31.7 Å². The summed E-state index contributed by atoms with van der Waals surface area (Å²) in [5.41, 5.74) is -0.0683. The van der Waals surface area contributed by atoms with Gasteiger partial charge in [-0.15, -0.1) is 0 Å². The molecule has 24 heavy (non-hydrogen) atoms. The van der Waals surface area contributed by atoms with Gasteiger partial charge in [-0.2, -0.15) is 4.98 Å². The normalized spacial score (nSPS) is 11.5. The number of benzene rings is 1. The van der Waals surface area contributed by atoms with Crippen LogP contribution in [0.5, 0.6) is 0 Å². The standard InChI is InChI=1S/C14H16ClN3O5S/c1-3-4-12-17-13(23-18-12)8-22-14(19)10-7-9(5-6-11(10)15)24(20,21)16-2/h5-7,16H,3-4,8H2,1-2H3. The van der Waals surface area contributed by atoms with E-state index in [2.05, 4.69) is 14.9 Å². The van der Waals surface area contributed by atoms with Gasteiger partial charge in [-0.3, -0.25) is 0 Å². The van der Waals surface area contributed by atoms with Crippen LogP contribution in [0.4, 0.5) is 0 Å². The fourth-order valence-corrected chi connectivity index (χ4v) is 2.78. The average molecular weight is 374 g/mol. The minimum atomic E-state index is -3.70. The SMILES string of the molecule is CCCc1noc(COC(=O)c2cc(S(=O)(=O)NC)ccc2Cl)n1.